The Morgan fingerprint density at radius 2 is 2.00 bits per heavy atom. The Balaban J connectivity index is 1.89. The number of rotatable bonds is 1. The second-order valence-corrected chi connectivity index (χ2v) is 5.33. The first-order valence-corrected chi connectivity index (χ1v) is 6.79. The van der Waals surface area contributed by atoms with E-state index in [0.29, 0.717) is 6.42 Å². The Bertz CT molecular complexity index is 508. The Hall–Kier alpha value is -1.75. The van der Waals surface area contributed by atoms with E-state index < -0.39 is 0 Å². The van der Waals surface area contributed by atoms with Gasteiger partial charge in [0.15, 0.2) is 0 Å². The number of carbonyl (C=O) groups excluding carboxylic acids is 1. The van der Waals surface area contributed by atoms with Crippen LogP contribution in [0.25, 0.3) is 0 Å². The molecule has 4 N–H and O–H groups in total. The maximum absolute atomic E-state index is 11.5. The van der Waals surface area contributed by atoms with Crippen molar-refractivity contribution in [2.75, 3.05) is 29.0 Å². The zero-order valence-electron chi connectivity index (χ0n) is 10.9. The number of aliphatic hydroxyl groups is 1. The summed E-state index contributed by atoms with van der Waals surface area (Å²) in [5.41, 5.74) is 9.84. The van der Waals surface area contributed by atoms with Crippen LogP contribution in [0.2, 0.25) is 0 Å². The molecule has 0 unspecified atom stereocenters. The average Bonchev–Trinajstić information content (AvgIpc) is 2.40. The summed E-state index contributed by atoms with van der Waals surface area (Å²) in [5, 5.41) is 12.5. The fourth-order valence-corrected chi connectivity index (χ4v) is 2.82. The van der Waals surface area contributed by atoms with Gasteiger partial charge in [0, 0.05) is 25.2 Å². The molecule has 0 bridgehead atoms. The highest BCUT2D eigenvalue weighted by Gasteiger charge is 2.22. The lowest BCUT2D eigenvalue weighted by Crippen LogP contribution is -2.36. The molecule has 1 amide bonds. The zero-order valence-corrected chi connectivity index (χ0v) is 10.9. The van der Waals surface area contributed by atoms with Gasteiger partial charge in [0.05, 0.1) is 17.5 Å². The SMILES string of the molecule is Nc1cc2c(cc1N1CCC(O)CC1)NC(=O)CC2. The van der Waals surface area contributed by atoms with Gasteiger partial charge in [-0.15, -0.1) is 0 Å². The van der Waals surface area contributed by atoms with Crippen molar-refractivity contribution in [3.63, 3.8) is 0 Å². The first-order chi connectivity index (χ1) is 9.13. The van der Waals surface area contributed by atoms with Gasteiger partial charge in [-0.05, 0) is 37.0 Å². The van der Waals surface area contributed by atoms with E-state index in [-0.39, 0.29) is 12.0 Å². The highest BCUT2D eigenvalue weighted by molar-refractivity contribution is 5.95. The third kappa shape index (κ3) is 2.38. The highest BCUT2D eigenvalue weighted by atomic mass is 16.3. The fourth-order valence-electron chi connectivity index (χ4n) is 2.82. The molecule has 5 nitrogen and oxygen atoms in total. The van der Waals surface area contributed by atoms with Crippen molar-refractivity contribution in [1.29, 1.82) is 0 Å². The van der Waals surface area contributed by atoms with Crippen molar-refractivity contribution in [2.45, 2.75) is 31.8 Å². The lowest BCUT2D eigenvalue weighted by Gasteiger charge is -2.33. The molecule has 0 radical (unpaired) electrons. The smallest absolute Gasteiger partial charge is 0.224 e. The molecule has 3 rings (SSSR count). The van der Waals surface area contributed by atoms with E-state index >= 15 is 0 Å². The van der Waals surface area contributed by atoms with Crippen LogP contribution in [0.4, 0.5) is 17.1 Å². The number of aryl methyl sites for hydroxylation is 1. The molecule has 0 atom stereocenters. The van der Waals surface area contributed by atoms with E-state index in [2.05, 4.69) is 10.2 Å². The summed E-state index contributed by atoms with van der Waals surface area (Å²) in [6.45, 7) is 1.61. The van der Waals surface area contributed by atoms with Crippen LogP contribution in [0.3, 0.4) is 0 Å². The van der Waals surface area contributed by atoms with Crippen LogP contribution in [0.1, 0.15) is 24.8 Å². The van der Waals surface area contributed by atoms with Crippen molar-refractivity contribution in [1.82, 2.24) is 0 Å². The summed E-state index contributed by atoms with van der Waals surface area (Å²) in [5.74, 6) is 0.0669. The van der Waals surface area contributed by atoms with Gasteiger partial charge in [-0.1, -0.05) is 0 Å². The number of carbonyl (C=O) groups is 1. The zero-order chi connectivity index (χ0) is 13.4. The van der Waals surface area contributed by atoms with E-state index in [0.717, 1.165) is 55.0 Å². The normalized spacial score (nSPS) is 20.1. The van der Waals surface area contributed by atoms with Gasteiger partial charge < -0.3 is 21.1 Å². The Kier molecular flexibility index (Phi) is 3.06. The molecule has 1 saturated heterocycles. The van der Waals surface area contributed by atoms with Crippen molar-refractivity contribution in [3.05, 3.63) is 17.7 Å². The number of nitrogens with two attached hydrogens (primary N) is 1. The van der Waals surface area contributed by atoms with Crippen LogP contribution in [0.5, 0.6) is 0 Å². The predicted molar refractivity (Wildman–Crippen MR) is 75.3 cm³/mol. The van der Waals surface area contributed by atoms with Gasteiger partial charge in [0.1, 0.15) is 0 Å². The number of anilines is 3. The summed E-state index contributed by atoms with van der Waals surface area (Å²) in [4.78, 5) is 13.6. The molecule has 19 heavy (non-hydrogen) atoms. The van der Waals surface area contributed by atoms with Gasteiger partial charge in [-0.25, -0.2) is 0 Å². The number of amides is 1. The minimum absolute atomic E-state index is 0.0669. The van der Waals surface area contributed by atoms with E-state index in [9.17, 15) is 9.90 Å². The molecular weight excluding hydrogens is 242 g/mol. The number of piperidine rings is 1. The molecule has 1 fully saturated rings. The Labute approximate surface area is 112 Å². The standard InChI is InChI=1S/C14H19N3O2/c15-11-7-9-1-2-14(19)16-12(9)8-13(11)17-5-3-10(18)4-6-17/h7-8,10,18H,1-6,15H2,(H,16,19). The summed E-state index contributed by atoms with van der Waals surface area (Å²) >= 11 is 0. The molecule has 2 aliphatic heterocycles. The maximum Gasteiger partial charge on any atom is 0.224 e. The topological polar surface area (TPSA) is 78.6 Å². The summed E-state index contributed by atoms with van der Waals surface area (Å²) in [7, 11) is 0. The number of benzene rings is 1. The third-order valence-electron chi connectivity index (χ3n) is 3.95. The molecule has 1 aromatic carbocycles. The van der Waals surface area contributed by atoms with Gasteiger partial charge in [0.25, 0.3) is 0 Å². The number of nitrogen functional groups attached to an aromatic ring is 1. The van der Waals surface area contributed by atoms with Crippen molar-refractivity contribution < 1.29 is 9.90 Å². The number of fused-ring (bicyclic) bond motifs is 1. The second-order valence-electron chi connectivity index (χ2n) is 5.33. The van der Waals surface area contributed by atoms with Crippen LogP contribution in [0.15, 0.2) is 12.1 Å². The van der Waals surface area contributed by atoms with Gasteiger partial charge in [-0.3, -0.25) is 4.79 Å². The van der Waals surface area contributed by atoms with Gasteiger partial charge >= 0.3 is 0 Å². The number of nitrogens with one attached hydrogen (secondary N) is 1. The summed E-state index contributed by atoms with van der Waals surface area (Å²) in [6, 6.07) is 3.94. The first kappa shape index (κ1) is 12.3. The molecule has 2 aliphatic rings. The molecule has 1 aromatic rings. The van der Waals surface area contributed by atoms with Gasteiger partial charge in [0.2, 0.25) is 5.91 Å². The molecular formula is C14H19N3O2. The van der Waals surface area contributed by atoms with E-state index in [1.54, 1.807) is 0 Å². The van der Waals surface area contributed by atoms with Crippen LogP contribution in [-0.4, -0.2) is 30.2 Å². The Morgan fingerprint density at radius 1 is 1.26 bits per heavy atom. The molecule has 0 spiro atoms. The largest absolute Gasteiger partial charge is 0.397 e. The van der Waals surface area contributed by atoms with Gasteiger partial charge in [-0.2, -0.15) is 0 Å². The molecule has 102 valence electrons. The third-order valence-corrected chi connectivity index (χ3v) is 3.95. The monoisotopic (exact) mass is 261 g/mol. The van der Waals surface area contributed by atoms with Crippen LogP contribution in [0, 0.1) is 0 Å². The van der Waals surface area contributed by atoms with Crippen LogP contribution < -0.4 is 16.0 Å². The molecule has 2 heterocycles. The molecule has 0 aliphatic carbocycles. The van der Waals surface area contributed by atoms with Crippen molar-refractivity contribution in [2.24, 2.45) is 0 Å². The number of nitrogens with zero attached hydrogens (tertiary/aromatic N) is 1. The minimum atomic E-state index is -0.199. The predicted octanol–water partition coefficient (Wildman–Crippen LogP) is 1.11. The Morgan fingerprint density at radius 3 is 2.74 bits per heavy atom. The van der Waals surface area contributed by atoms with Crippen LogP contribution in [-0.2, 0) is 11.2 Å². The summed E-state index contributed by atoms with van der Waals surface area (Å²) < 4.78 is 0. The lowest BCUT2D eigenvalue weighted by molar-refractivity contribution is -0.116. The minimum Gasteiger partial charge on any atom is -0.397 e. The van der Waals surface area contributed by atoms with Crippen molar-refractivity contribution >= 4 is 23.0 Å². The highest BCUT2D eigenvalue weighted by Crippen LogP contribution is 2.34. The van der Waals surface area contributed by atoms with E-state index in [1.807, 2.05) is 12.1 Å². The average molecular weight is 261 g/mol. The van der Waals surface area contributed by atoms with Crippen LogP contribution >= 0.6 is 0 Å². The lowest BCUT2D eigenvalue weighted by atomic mass is 10.00. The first-order valence-electron chi connectivity index (χ1n) is 6.79. The quantitative estimate of drug-likeness (QED) is 0.662. The number of aliphatic hydroxyl groups excluding tert-OH is 1. The maximum atomic E-state index is 11.5. The number of hydrogen-bond donors (Lipinski definition) is 3. The molecule has 0 saturated carbocycles. The molecule has 0 aromatic heterocycles. The molecule has 5 heteroatoms. The number of hydrogen-bond acceptors (Lipinski definition) is 4. The second kappa shape index (κ2) is 4.74. The van der Waals surface area contributed by atoms with E-state index in [4.69, 9.17) is 5.73 Å². The summed E-state index contributed by atoms with van der Waals surface area (Å²) in [6.07, 6.45) is 2.62. The van der Waals surface area contributed by atoms with E-state index in [1.165, 1.54) is 0 Å². The fraction of sp³-hybridized carbons (Fsp3) is 0.500. The van der Waals surface area contributed by atoms with Crippen molar-refractivity contribution in [3.8, 4) is 0 Å².